The summed E-state index contributed by atoms with van der Waals surface area (Å²) in [6, 6.07) is 20.0. The average Bonchev–Trinajstić information content (AvgIpc) is 3.37. The molecule has 32 heavy (non-hydrogen) atoms. The number of amides is 1. The Hall–Kier alpha value is -4.07. The molecule has 1 amide bonds. The molecule has 1 heterocycles. The van der Waals surface area contributed by atoms with Crippen LogP contribution in [0.1, 0.15) is 18.9 Å². The summed E-state index contributed by atoms with van der Waals surface area (Å²) >= 11 is 0. The fourth-order valence-electron chi connectivity index (χ4n) is 3.51. The first-order valence-corrected chi connectivity index (χ1v) is 10.2. The lowest BCUT2D eigenvalue weighted by atomic mass is 10.0. The zero-order chi connectivity index (χ0) is 22.5. The van der Waals surface area contributed by atoms with Crippen molar-refractivity contribution in [1.29, 1.82) is 0 Å². The summed E-state index contributed by atoms with van der Waals surface area (Å²) in [5, 5.41) is 13.7. The van der Waals surface area contributed by atoms with E-state index < -0.39 is 5.82 Å². The van der Waals surface area contributed by atoms with Crippen molar-refractivity contribution < 1.29 is 13.9 Å². The van der Waals surface area contributed by atoms with E-state index in [9.17, 15) is 9.18 Å². The average molecular weight is 431 g/mol. The summed E-state index contributed by atoms with van der Waals surface area (Å²) in [5.74, 6) is 0.443. The summed E-state index contributed by atoms with van der Waals surface area (Å²) in [6.07, 6.45) is 0.285. The van der Waals surface area contributed by atoms with Crippen molar-refractivity contribution in [3.63, 3.8) is 0 Å². The van der Waals surface area contributed by atoms with E-state index in [0.717, 1.165) is 22.4 Å². The van der Waals surface area contributed by atoms with E-state index in [1.807, 2.05) is 48.5 Å². The van der Waals surface area contributed by atoms with E-state index >= 15 is 0 Å². The van der Waals surface area contributed by atoms with Crippen LogP contribution in [0.3, 0.4) is 0 Å². The number of aromatic amines is 1. The molecule has 0 aliphatic heterocycles. The van der Waals surface area contributed by atoms with E-state index in [2.05, 4.69) is 20.6 Å². The molecule has 0 radical (unpaired) electrons. The molecule has 7 nitrogen and oxygen atoms in total. The van der Waals surface area contributed by atoms with Gasteiger partial charge in [-0.1, -0.05) is 49.4 Å². The van der Waals surface area contributed by atoms with Gasteiger partial charge in [0.1, 0.15) is 11.6 Å². The van der Waals surface area contributed by atoms with Crippen molar-refractivity contribution in [2.75, 3.05) is 12.0 Å². The molecular formula is C24H22FN5O2. The molecule has 0 saturated carbocycles. The lowest BCUT2D eigenvalue weighted by Gasteiger charge is -2.23. The smallest absolute Gasteiger partial charge is 0.227 e. The van der Waals surface area contributed by atoms with Crippen LogP contribution in [0, 0.1) is 5.82 Å². The number of halogens is 1. The number of hydrogen-bond donors (Lipinski definition) is 1. The highest BCUT2D eigenvalue weighted by atomic mass is 19.1. The van der Waals surface area contributed by atoms with E-state index in [1.165, 1.54) is 12.1 Å². The van der Waals surface area contributed by atoms with Crippen LogP contribution in [-0.2, 0) is 11.3 Å². The highest BCUT2D eigenvalue weighted by Crippen LogP contribution is 2.30. The molecule has 1 N–H and O–H groups in total. The Morgan fingerprint density at radius 1 is 1.06 bits per heavy atom. The van der Waals surface area contributed by atoms with E-state index in [0.29, 0.717) is 17.8 Å². The normalized spacial score (nSPS) is 10.7. The number of tetrazole rings is 1. The van der Waals surface area contributed by atoms with Crippen LogP contribution in [0.25, 0.3) is 22.5 Å². The highest BCUT2D eigenvalue weighted by Gasteiger charge is 2.18. The third-order valence-corrected chi connectivity index (χ3v) is 5.11. The number of hydrogen-bond acceptors (Lipinski definition) is 5. The van der Waals surface area contributed by atoms with Gasteiger partial charge in [-0.05, 0) is 40.6 Å². The van der Waals surface area contributed by atoms with Crippen LogP contribution >= 0.6 is 0 Å². The fraction of sp³-hybridized carbons (Fsp3) is 0.167. The van der Waals surface area contributed by atoms with Crippen molar-refractivity contribution in [3.05, 3.63) is 78.1 Å². The minimum Gasteiger partial charge on any atom is -0.496 e. The van der Waals surface area contributed by atoms with Gasteiger partial charge in [0.2, 0.25) is 11.7 Å². The van der Waals surface area contributed by atoms with Gasteiger partial charge in [-0.2, -0.15) is 5.21 Å². The number of methoxy groups -OCH3 is 1. The van der Waals surface area contributed by atoms with Gasteiger partial charge in [-0.25, -0.2) is 4.39 Å². The summed E-state index contributed by atoms with van der Waals surface area (Å²) in [6.45, 7) is 2.08. The Morgan fingerprint density at radius 2 is 1.84 bits per heavy atom. The zero-order valence-electron chi connectivity index (χ0n) is 17.7. The van der Waals surface area contributed by atoms with Gasteiger partial charge in [0.15, 0.2) is 0 Å². The van der Waals surface area contributed by atoms with Crippen molar-refractivity contribution in [2.45, 2.75) is 19.9 Å². The van der Waals surface area contributed by atoms with Gasteiger partial charge in [-0.15, -0.1) is 10.2 Å². The SMILES string of the molecule is CCC(=O)N(Cc1ccc(-c2ccccc2OC)cc1)c1cc(F)cc(-c2nn[nH]n2)c1. The second kappa shape index (κ2) is 9.38. The number of para-hydroxylation sites is 1. The lowest BCUT2D eigenvalue weighted by Crippen LogP contribution is -2.29. The lowest BCUT2D eigenvalue weighted by molar-refractivity contribution is -0.118. The minimum absolute atomic E-state index is 0.122. The molecule has 0 saturated heterocycles. The van der Waals surface area contributed by atoms with E-state index in [-0.39, 0.29) is 18.2 Å². The maximum absolute atomic E-state index is 14.4. The topological polar surface area (TPSA) is 84.0 Å². The molecule has 0 fully saturated rings. The Balaban J connectivity index is 1.64. The number of nitrogens with one attached hydrogen (secondary N) is 1. The van der Waals surface area contributed by atoms with Crippen LogP contribution in [0.15, 0.2) is 66.7 Å². The fourth-order valence-corrected chi connectivity index (χ4v) is 3.51. The molecule has 8 heteroatoms. The molecule has 0 atom stereocenters. The first-order chi connectivity index (χ1) is 15.6. The third-order valence-electron chi connectivity index (χ3n) is 5.11. The Kier molecular flexibility index (Phi) is 6.21. The number of ether oxygens (including phenoxy) is 1. The molecule has 0 spiro atoms. The van der Waals surface area contributed by atoms with Crippen LogP contribution in [-0.4, -0.2) is 33.6 Å². The zero-order valence-corrected chi connectivity index (χ0v) is 17.7. The van der Waals surface area contributed by atoms with Crippen LogP contribution < -0.4 is 9.64 Å². The second-order valence-corrected chi connectivity index (χ2v) is 7.16. The largest absolute Gasteiger partial charge is 0.496 e. The molecule has 0 aliphatic rings. The second-order valence-electron chi connectivity index (χ2n) is 7.16. The number of anilines is 1. The highest BCUT2D eigenvalue weighted by molar-refractivity contribution is 5.93. The van der Waals surface area contributed by atoms with Crippen molar-refractivity contribution in [3.8, 4) is 28.3 Å². The number of carbonyl (C=O) groups excluding carboxylic acids is 1. The summed E-state index contributed by atoms with van der Waals surface area (Å²) < 4.78 is 19.8. The van der Waals surface area contributed by atoms with Crippen LogP contribution in [0.5, 0.6) is 5.75 Å². The molecule has 4 rings (SSSR count). The number of nitrogens with zero attached hydrogens (tertiary/aromatic N) is 4. The Morgan fingerprint density at radius 3 is 2.53 bits per heavy atom. The monoisotopic (exact) mass is 431 g/mol. The maximum atomic E-state index is 14.4. The minimum atomic E-state index is -0.484. The molecule has 0 bridgehead atoms. The molecule has 4 aromatic rings. The Labute approximate surface area is 184 Å². The molecule has 0 aliphatic carbocycles. The molecule has 0 unspecified atom stereocenters. The molecular weight excluding hydrogens is 409 g/mol. The Bertz CT molecular complexity index is 1210. The summed E-state index contributed by atoms with van der Waals surface area (Å²) in [5.41, 5.74) is 3.78. The molecule has 1 aromatic heterocycles. The number of rotatable bonds is 7. The number of benzene rings is 3. The van der Waals surface area contributed by atoms with Gasteiger partial charge >= 0.3 is 0 Å². The summed E-state index contributed by atoms with van der Waals surface area (Å²) in [4.78, 5) is 14.3. The van der Waals surface area contributed by atoms with Gasteiger partial charge in [0, 0.05) is 23.2 Å². The van der Waals surface area contributed by atoms with Gasteiger partial charge in [0.05, 0.1) is 13.7 Å². The van der Waals surface area contributed by atoms with Gasteiger partial charge in [0.25, 0.3) is 0 Å². The number of carbonyl (C=O) groups is 1. The van der Waals surface area contributed by atoms with E-state index in [1.54, 1.807) is 25.0 Å². The number of H-pyrrole nitrogens is 1. The van der Waals surface area contributed by atoms with Crippen LogP contribution in [0.4, 0.5) is 10.1 Å². The molecule has 162 valence electrons. The van der Waals surface area contributed by atoms with Crippen LogP contribution in [0.2, 0.25) is 0 Å². The van der Waals surface area contributed by atoms with Gasteiger partial charge < -0.3 is 9.64 Å². The van der Waals surface area contributed by atoms with Crippen molar-refractivity contribution >= 4 is 11.6 Å². The van der Waals surface area contributed by atoms with Gasteiger partial charge in [-0.3, -0.25) is 4.79 Å². The number of aromatic nitrogens is 4. The molecule has 3 aromatic carbocycles. The predicted molar refractivity (Wildman–Crippen MR) is 119 cm³/mol. The van der Waals surface area contributed by atoms with E-state index in [4.69, 9.17) is 4.74 Å². The van der Waals surface area contributed by atoms with Crippen molar-refractivity contribution in [2.24, 2.45) is 0 Å². The predicted octanol–water partition coefficient (Wildman–Crippen LogP) is 4.62. The standard InChI is InChI=1S/C24H22FN5O2/c1-3-23(31)30(20-13-18(12-19(25)14-20)24-26-28-29-27-24)15-16-8-10-17(11-9-16)21-6-4-5-7-22(21)32-2/h4-14H,3,15H2,1-2H3,(H,26,27,28,29). The third kappa shape index (κ3) is 4.49. The summed E-state index contributed by atoms with van der Waals surface area (Å²) in [7, 11) is 1.64. The first kappa shape index (κ1) is 21.2. The quantitative estimate of drug-likeness (QED) is 0.461. The van der Waals surface area contributed by atoms with Crippen molar-refractivity contribution in [1.82, 2.24) is 20.6 Å². The first-order valence-electron chi connectivity index (χ1n) is 10.2. The maximum Gasteiger partial charge on any atom is 0.227 e.